The molecule has 1 amide bonds. The van der Waals surface area contributed by atoms with Crippen molar-refractivity contribution in [3.05, 3.63) is 28.8 Å². The number of hydrogen-bond acceptors (Lipinski definition) is 3. The van der Waals surface area contributed by atoms with Gasteiger partial charge >= 0.3 is 6.09 Å². The minimum absolute atomic E-state index is 0.151. The van der Waals surface area contributed by atoms with Gasteiger partial charge in [0, 0.05) is 22.7 Å². The summed E-state index contributed by atoms with van der Waals surface area (Å²) in [6.07, 6.45) is 0.453. The van der Waals surface area contributed by atoms with Crippen LogP contribution in [0.2, 0.25) is 5.02 Å². The molecule has 19 heavy (non-hydrogen) atoms. The molecule has 0 heterocycles. The molecule has 0 spiro atoms. The Kier molecular flexibility index (Phi) is 3.74. The van der Waals surface area contributed by atoms with Gasteiger partial charge in [-0.15, -0.1) is 0 Å². The van der Waals surface area contributed by atoms with Crippen molar-refractivity contribution >= 4 is 23.4 Å². The smallest absolute Gasteiger partial charge is 0.412 e. The number of halogens is 1. The number of hydrogen-bond donors (Lipinski definition) is 2. The molecule has 0 aliphatic heterocycles. The van der Waals surface area contributed by atoms with Crippen molar-refractivity contribution in [3.63, 3.8) is 0 Å². The third kappa shape index (κ3) is 3.85. The Bertz CT molecular complexity index is 497. The van der Waals surface area contributed by atoms with Crippen molar-refractivity contribution in [3.8, 4) is 0 Å². The van der Waals surface area contributed by atoms with Gasteiger partial charge in [-0.3, -0.25) is 5.32 Å². The molecule has 3 N–H and O–H groups in total. The second-order valence-electron chi connectivity index (χ2n) is 5.86. The van der Waals surface area contributed by atoms with Gasteiger partial charge in [-0.25, -0.2) is 4.79 Å². The summed E-state index contributed by atoms with van der Waals surface area (Å²) in [4.78, 5) is 11.8. The standard InChI is InChI=1S/C14H19ClN2O2/c1-14(2,3)19-13(18)17-12-5-4-8(15)6-10(12)9-7-11(9)16/h4-6,9,11H,7,16H2,1-3H3,(H,17,18). The van der Waals surface area contributed by atoms with E-state index in [4.69, 9.17) is 22.1 Å². The number of nitrogens with one attached hydrogen (secondary N) is 1. The molecule has 2 atom stereocenters. The maximum atomic E-state index is 11.8. The first-order chi connectivity index (χ1) is 8.76. The number of ether oxygens (including phenoxy) is 1. The Morgan fingerprint density at radius 3 is 2.63 bits per heavy atom. The summed E-state index contributed by atoms with van der Waals surface area (Å²) in [6, 6.07) is 5.53. The van der Waals surface area contributed by atoms with Gasteiger partial charge in [0.15, 0.2) is 0 Å². The fraction of sp³-hybridized carbons (Fsp3) is 0.500. The van der Waals surface area contributed by atoms with Crippen LogP contribution < -0.4 is 11.1 Å². The van der Waals surface area contributed by atoms with Gasteiger partial charge < -0.3 is 10.5 Å². The van der Waals surface area contributed by atoms with E-state index in [9.17, 15) is 4.79 Å². The first kappa shape index (κ1) is 14.2. The minimum Gasteiger partial charge on any atom is -0.444 e. The van der Waals surface area contributed by atoms with E-state index in [-0.39, 0.29) is 12.0 Å². The molecule has 2 rings (SSSR count). The molecule has 4 nitrogen and oxygen atoms in total. The Hall–Kier alpha value is -1.26. The topological polar surface area (TPSA) is 64.3 Å². The van der Waals surface area contributed by atoms with Gasteiger partial charge in [-0.2, -0.15) is 0 Å². The molecule has 0 saturated heterocycles. The van der Waals surface area contributed by atoms with Crippen LogP contribution in [-0.4, -0.2) is 17.7 Å². The predicted molar refractivity (Wildman–Crippen MR) is 76.6 cm³/mol. The number of amides is 1. The lowest BCUT2D eigenvalue weighted by Crippen LogP contribution is -2.27. The number of anilines is 1. The summed E-state index contributed by atoms with van der Waals surface area (Å²) >= 11 is 5.99. The third-order valence-corrected chi connectivity index (χ3v) is 3.12. The molecular formula is C14H19ClN2O2. The van der Waals surface area contributed by atoms with Gasteiger partial charge in [-0.1, -0.05) is 11.6 Å². The number of carbonyl (C=O) groups is 1. The van der Waals surface area contributed by atoms with Crippen LogP contribution in [0.15, 0.2) is 18.2 Å². The Morgan fingerprint density at radius 2 is 2.11 bits per heavy atom. The fourth-order valence-corrected chi connectivity index (χ4v) is 2.12. The van der Waals surface area contributed by atoms with E-state index in [1.165, 1.54) is 0 Å². The van der Waals surface area contributed by atoms with Gasteiger partial charge in [-0.05, 0) is 51.0 Å². The summed E-state index contributed by atoms with van der Waals surface area (Å²) in [5.74, 6) is 0.267. The molecule has 0 aromatic heterocycles. The second-order valence-corrected chi connectivity index (χ2v) is 6.30. The summed E-state index contributed by atoms with van der Waals surface area (Å²) in [7, 11) is 0. The summed E-state index contributed by atoms with van der Waals surface area (Å²) in [5, 5.41) is 3.40. The molecule has 1 aromatic rings. The molecule has 1 aliphatic carbocycles. The first-order valence-corrected chi connectivity index (χ1v) is 6.69. The van der Waals surface area contributed by atoms with Gasteiger partial charge in [0.25, 0.3) is 0 Å². The average molecular weight is 283 g/mol. The van der Waals surface area contributed by atoms with Crippen molar-refractivity contribution in [1.82, 2.24) is 0 Å². The highest BCUT2D eigenvalue weighted by Gasteiger charge is 2.37. The summed E-state index contributed by atoms with van der Waals surface area (Å²) < 4.78 is 5.24. The quantitative estimate of drug-likeness (QED) is 0.872. The molecule has 1 aromatic carbocycles. The van der Waals surface area contributed by atoms with Gasteiger partial charge in [0.2, 0.25) is 0 Å². The predicted octanol–water partition coefficient (Wildman–Crippen LogP) is 3.50. The van der Waals surface area contributed by atoms with Crippen LogP contribution in [0.5, 0.6) is 0 Å². The van der Waals surface area contributed by atoms with E-state index in [0.717, 1.165) is 17.7 Å². The first-order valence-electron chi connectivity index (χ1n) is 6.31. The van der Waals surface area contributed by atoms with Crippen LogP contribution >= 0.6 is 11.6 Å². The highest BCUT2D eigenvalue weighted by atomic mass is 35.5. The molecule has 1 aliphatic rings. The van der Waals surface area contributed by atoms with E-state index in [0.29, 0.717) is 5.02 Å². The molecule has 1 saturated carbocycles. The van der Waals surface area contributed by atoms with Crippen molar-refractivity contribution < 1.29 is 9.53 Å². The molecule has 2 unspecified atom stereocenters. The Labute approximate surface area is 118 Å². The van der Waals surface area contributed by atoms with Crippen molar-refractivity contribution in [2.45, 2.75) is 44.8 Å². The molecule has 5 heteroatoms. The van der Waals surface area contributed by atoms with Crippen LogP contribution in [0.25, 0.3) is 0 Å². The van der Waals surface area contributed by atoms with E-state index in [1.807, 2.05) is 26.8 Å². The Balaban J connectivity index is 2.14. The molecule has 0 radical (unpaired) electrons. The van der Waals surface area contributed by atoms with E-state index >= 15 is 0 Å². The van der Waals surface area contributed by atoms with E-state index < -0.39 is 11.7 Å². The van der Waals surface area contributed by atoms with Crippen LogP contribution in [0.1, 0.15) is 38.7 Å². The lowest BCUT2D eigenvalue weighted by atomic mass is 10.1. The normalized spacial score (nSPS) is 21.9. The van der Waals surface area contributed by atoms with Crippen LogP contribution in [0.4, 0.5) is 10.5 Å². The fourth-order valence-electron chi connectivity index (χ4n) is 1.94. The highest BCUT2D eigenvalue weighted by Crippen LogP contribution is 2.43. The number of nitrogens with two attached hydrogens (primary N) is 1. The molecular weight excluding hydrogens is 264 g/mol. The van der Waals surface area contributed by atoms with Crippen molar-refractivity contribution in [1.29, 1.82) is 0 Å². The lowest BCUT2D eigenvalue weighted by Gasteiger charge is -2.20. The maximum absolute atomic E-state index is 11.8. The average Bonchev–Trinajstić information content (AvgIpc) is 2.95. The minimum atomic E-state index is -0.521. The SMILES string of the molecule is CC(C)(C)OC(=O)Nc1ccc(Cl)cc1C1CC1N. The molecule has 1 fully saturated rings. The van der Waals surface area contributed by atoms with Crippen LogP contribution in [0.3, 0.4) is 0 Å². The largest absolute Gasteiger partial charge is 0.444 e. The number of carbonyl (C=O) groups excluding carboxylic acids is 1. The van der Waals surface area contributed by atoms with Crippen molar-refractivity contribution in [2.75, 3.05) is 5.32 Å². The lowest BCUT2D eigenvalue weighted by molar-refractivity contribution is 0.0636. The number of benzene rings is 1. The zero-order chi connectivity index (χ0) is 14.2. The third-order valence-electron chi connectivity index (χ3n) is 2.89. The van der Waals surface area contributed by atoms with E-state index in [1.54, 1.807) is 12.1 Å². The molecule has 104 valence electrons. The number of rotatable bonds is 2. The van der Waals surface area contributed by atoms with Crippen molar-refractivity contribution in [2.24, 2.45) is 5.73 Å². The van der Waals surface area contributed by atoms with Gasteiger partial charge in [0.1, 0.15) is 5.60 Å². The van der Waals surface area contributed by atoms with Gasteiger partial charge in [0.05, 0.1) is 0 Å². The summed E-state index contributed by atoms with van der Waals surface area (Å²) in [6.45, 7) is 5.48. The highest BCUT2D eigenvalue weighted by molar-refractivity contribution is 6.30. The summed E-state index contributed by atoms with van der Waals surface area (Å²) in [5.41, 5.74) is 7.04. The maximum Gasteiger partial charge on any atom is 0.412 e. The Morgan fingerprint density at radius 1 is 1.47 bits per heavy atom. The van der Waals surface area contributed by atoms with Crippen LogP contribution in [-0.2, 0) is 4.74 Å². The molecule has 0 bridgehead atoms. The van der Waals surface area contributed by atoms with Crippen LogP contribution in [0, 0.1) is 0 Å². The zero-order valence-corrected chi connectivity index (χ0v) is 12.1. The van der Waals surface area contributed by atoms with E-state index in [2.05, 4.69) is 5.32 Å². The second kappa shape index (κ2) is 5.02. The zero-order valence-electron chi connectivity index (χ0n) is 11.4. The monoisotopic (exact) mass is 282 g/mol.